The monoisotopic (exact) mass is 446 g/mol. The van der Waals surface area contributed by atoms with Crippen LogP contribution in [0.3, 0.4) is 0 Å². The van der Waals surface area contributed by atoms with E-state index in [9.17, 15) is 9.59 Å². The van der Waals surface area contributed by atoms with Crippen molar-refractivity contribution in [2.24, 2.45) is 5.92 Å². The Morgan fingerprint density at radius 2 is 2.00 bits per heavy atom. The maximum atomic E-state index is 12.7. The zero-order valence-corrected chi connectivity index (χ0v) is 19.9. The molecule has 0 radical (unpaired) electrons. The predicted molar refractivity (Wildman–Crippen MR) is 129 cm³/mol. The van der Waals surface area contributed by atoms with Crippen molar-refractivity contribution in [2.75, 3.05) is 49.5 Å². The van der Waals surface area contributed by atoms with Gasteiger partial charge in [0.05, 0.1) is 12.5 Å². The summed E-state index contributed by atoms with van der Waals surface area (Å²) in [5.41, 5.74) is 2.09. The molecule has 2 fully saturated rings. The van der Waals surface area contributed by atoms with E-state index in [1.165, 1.54) is 17.1 Å². The topological polar surface area (TPSA) is 64.7 Å². The Hall–Kier alpha value is -1.57. The first kappa shape index (κ1) is 24.1. The lowest BCUT2D eigenvalue weighted by Crippen LogP contribution is -2.47. The molecule has 6 nitrogen and oxygen atoms in total. The van der Waals surface area contributed by atoms with Gasteiger partial charge in [0.2, 0.25) is 11.8 Å². The highest BCUT2D eigenvalue weighted by molar-refractivity contribution is 7.99. The van der Waals surface area contributed by atoms with Crippen LogP contribution in [0.4, 0.5) is 5.69 Å². The van der Waals surface area contributed by atoms with E-state index in [0.717, 1.165) is 57.5 Å². The zero-order valence-electron chi connectivity index (χ0n) is 19.1. The third kappa shape index (κ3) is 8.13. The lowest BCUT2D eigenvalue weighted by molar-refractivity contribution is -0.128. The molecule has 2 atom stereocenters. The third-order valence-corrected chi connectivity index (χ3v) is 7.02. The van der Waals surface area contributed by atoms with Crippen LogP contribution < -0.4 is 10.6 Å². The van der Waals surface area contributed by atoms with Crippen molar-refractivity contribution in [3.63, 3.8) is 0 Å². The average molecular weight is 447 g/mol. The Morgan fingerprint density at radius 1 is 1.19 bits per heavy atom. The number of nitrogens with one attached hydrogen (secondary N) is 2. The van der Waals surface area contributed by atoms with E-state index in [-0.39, 0.29) is 23.8 Å². The maximum Gasteiger partial charge on any atom is 0.238 e. The first-order chi connectivity index (χ1) is 15.0. The predicted octanol–water partition coefficient (Wildman–Crippen LogP) is 3.19. The molecule has 2 amide bonds. The van der Waals surface area contributed by atoms with Crippen LogP contribution in [0.2, 0.25) is 0 Å². The second kappa shape index (κ2) is 12.5. The fourth-order valence-electron chi connectivity index (χ4n) is 4.45. The number of thioether (sulfide) groups is 1. The number of anilines is 1. The summed E-state index contributed by atoms with van der Waals surface area (Å²) in [5, 5.41) is 6.19. The van der Waals surface area contributed by atoms with Gasteiger partial charge < -0.3 is 10.6 Å². The van der Waals surface area contributed by atoms with E-state index < -0.39 is 0 Å². The second-order valence-electron chi connectivity index (χ2n) is 8.91. The molecule has 2 heterocycles. The van der Waals surface area contributed by atoms with E-state index in [2.05, 4.69) is 46.4 Å². The van der Waals surface area contributed by atoms with Crippen molar-refractivity contribution in [3.05, 3.63) is 29.8 Å². The summed E-state index contributed by atoms with van der Waals surface area (Å²) in [5.74, 6) is 2.50. The molecule has 0 aromatic heterocycles. The van der Waals surface area contributed by atoms with Crippen LogP contribution in [0.5, 0.6) is 0 Å². The minimum Gasteiger partial charge on any atom is -0.353 e. The molecule has 1 aromatic carbocycles. The summed E-state index contributed by atoms with van der Waals surface area (Å²) in [6.07, 6.45) is 3.92. The molecule has 0 bridgehead atoms. The van der Waals surface area contributed by atoms with Gasteiger partial charge in [0.1, 0.15) is 0 Å². The van der Waals surface area contributed by atoms with Crippen LogP contribution in [-0.4, -0.2) is 71.9 Å². The Labute approximate surface area is 191 Å². The number of carbonyl (C=O) groups is 2. The van der Waals surface area contributed by atoms with Gasteiger partial charge in [-0.25, -0.2) is 0 Å². The normalized spacial score (nSPS) is 21.4. The fraction of sp³-hybridized carbons (Fsp3) is 0.667. The molecule has 2 saturated heterocycles. The van der Waals surface area contributed by atoms with Crippen molar-refractivity contribution < 1.29 is 9.59 Å². The van der Waals surface area contributed by atoms with Crippen LogP contribution in [0, 0.1) is 5.92 Å². The smallest absolute Gasteiger partial charge is 0.238 e. The molecule has 7 heteroatoms. The highest BCUT2D eigenvalue weighted by atomic mass is 32.2. The first-order valence-corrected chi connectivity index (χ1v) is 12.9. The molecule has 2 unspecified atom stereocenters. The number of piperidine rings is 1. The molecule has 1 aromatic rings. The molecule has 0 spiro atoms. The quantitative estimate of drug-likeness (QED) is 0.610. The van der Waals surface area contributed by atoms with Crippen LogP contribution in [0.1, 0.15) is 45.1 Å². The first-order valence-electron chi connectivity index (χ1n) is 11.7. The maximum absolute atomic E-state index is 12.7. The zero-order chi connectivity index (χ0) is 22.1. The Balaban J connectivity index is 1.46. The molecule has 172 valence electrons. The molecule has 2 N–H and O–H groups in total. The van der Waals surface area contributed by atoms with Crippen LogP contribution in [0.15, 0.2) is 24.3 Å². The summed E-state index contributed by atoms with van der Waals surface area (Å²) in [7, 11) is 0. The number of carbonyl (C=O) groups excluding carboxylic acids is 2. The Morgan fingerprint density at radius 3 is 2.77 bits per heavy atom. The number of amides is 2. The van der Waals surface area contributed by atoms with Gasteiger partial charge in [-0.05, 0) is 50.4 Å². The van der Waals surface area contributed by atoms with E-state index in [4.69, 9.17) is 0 Å². The molecular weight excluding hydrogens is 408 g/mol. The average Bonchev–Trinajstić information content (AvgIpc) is 2.75. The summed E-state index contributed by atoms with van der Waals surface area (Å²) < 4.78 is 0. The van der Waals surface area contributed by atoms with E-state index in [1.54, 1.807) is 0 Å². The molecule has 2 aliphatic rings. The minimum absolute atomic E-state index is 0.00747. The number of likely N-dealkylation sites (tertiary alicyclic amines) is 1. The SMILES string of the molecule is CCCC(C)NC(=O)C1CCCN(CC(=O)Nc2cccc(CN3CCSCC3)c2)C1. The molecule has 3 rings (SSSR count). The van der Waals surface area contributed by atoms with E-state index >= 15 is 0 Å². The van der Waals surface area contributed by atoms with Crippen LogP contribution in [-0.2, 0) is 16.1 Å². The van der Waals surface area contributed by atoms with Crippen molar-refractivity contribution in [3.8, 4) is 0 Å². The summed E-state index contributed by atoms with van der Waals surface area (Å²) in [6.45, 7) is 9.25. The molecular formula is C24H38N4O2S. The van der Waals surface area contributed by atoms with Crippen molar-refractivity contribution in [1.29, 1.82) is 0 Å². The molecule has 0 aliphatic carbocycles. The molecule has 2 aliphatic heterocycles. The van der Waals surface area contributed by atoms with Crippen molar-refractivity contribution in [1.82, 2.24) is 15.1 Å². The number of hydrogen-bond acceptors (Lipinski definition) is 5. The van der Waals surface area contributed by atoms with Gasteiger partial charge in [-0.2, -0.15) is 11.8 Å². The Kier molecular flexibility index (Phi) is 9.68. The van der Waals surface area contributed by atoms with Gasteiger partial charge in [-0.15, -0.1) is 0 Å². The van der Waals surface area contributed by atoms with Crippen molar-refractivity contribution in [2.45, 2.75) is 52.1 Å². The number of benzene rings is 1. The minimum atomic E-state index is -0.0214. The number of nitrogens with zero attached hydrogens (tertiary/aromatic N) is 2. The van der Waals surface area contributed by atoms with Gasteiger partial charge in [-0.1, -0.05) is 25.5 Å². The van der Waals surface area contributed by atoms with Gasteiger partial charge >= 0.3 is 0 Å². The molecule has 0 saturated carbocycles. The summed E-state index contributed by atoms with van der Waals surface area (Å²) >= 11 is 2.02. The van der Waals surface area contributed by atoms with Gasteiger partial charge in [-0.3, -0.25) is 19.4 Å². The number of hydrogen-bond donors (Lipinski definition) is 2. The van der Waals surface area contributed by atoms with E-state index in [1.807, 2.05) is 23.9 Å². The Bertz CT molecular complexity index is 723. The highest BCUT2D eigenvalue weighted by Gasteiger charge is 2.27. The lowest BCUT2D eigenvalue weighted by atomic mass is 9.96. The van der Waals surface area contributed by atoms with Crippen molar-refractivity contribution >= 4 is 29.3 Å². The largest absolute Gasteiger partial charge is 0.353 e. The number of rotatable bonds is 9. The van der Waals surface area contributed by atoms with Gasteiger partial charge in [0, 0.05) is 49.4 Å². The van der Waals surface area contributed by atoms with Gasteiger partial charge in [0.25, 0.3) is 0 Å². The summed E-state index contributed by atoms with van der Waals surface area (Å²) in [4.78, 5) is 29.8. The standard InChI is InChI=1S/C24H38N4O2S/c1-3-6-19(2)25-24(30)21-8-5-10-28(17-21)18-23(29)26-22-9-4-7-20(15-22)16-27-11-13-31-14-12-27/h4,7,9,15,19,21H,3,5-6,8,10-14,16-18H2,1-2H3,(H,25,30)(H,26,29). The highest BCUT2D eigenvalue weighted by Crippen LogP contribution is 2.18. The fourth-order valence-corrected chi connectivity index (χ4v) is 5.43. The molecule has 31 heavy (non-hydrogen) atoms. The lowest BCUT2D eigenvalue weighted by Gasteiger charge is -2.32. The second-order valence-corrected chi connectivity index (χ2v) is 10.1. The third-order valence-electron chi connectivity index (χ3n) is 6.07. The van der Waals surface area contributed by atoms with E-state index in [0.29, 0.717) is 13.1 Å². The van der Waals surface area contributed by atoms with Crippen LogP contribution in [0.25, 0.3) is 0 Å². The summed E-state index contributed by atoms with van der Waals surface area (Å²) in [6, 6.07) is 8.40. The van der Waals surface area contributed by atoms with Gasteiger partial charge in [0.15, 0.2) is 0 Å². The van der Waals surface area contributed by atoms with Crippen LogP contribution >= 0.6 is 11.8 Å².